The number of fused-ring (bicyclic) bond motifs is 1. The second-order valence-electron chi connectivity index (χ2n) is 4.26. The van der Waals surface area contributed by atoms with Gasteiger partial charge in [-0.3, -0.25) is 4.79 Å². The lowest BCUT2D eigenvalue weighted by Gasteiger charge is -2.13. The van der Waals surface area contributed by atoms with E-state index in [0.29, 0.717) is 0 Å². The highest BCUT2D eigenvalue weighted by Gasteiger charge is 2.39. The molecule has 1 heterocycles. The topological polar surface area (TPSA) is 71.4 Å². The smallest absolute Gasteiger partial charge is 0.417 e. The van der Waals surface area contributed by atoms with E-state index in [0.717, 1.165) is 23.6 Å². The van der Waals surface area contributed by atoms with Crippen molar-refractivity contribution in [2.75, 3.05) is 0 Å². The normalized spacial score (nSPS) is 16.6. The molecule has 2 rings (SSSR count). The SMILES string of the molecule is O=C(O)CCC1=CS(=O)(=O)c2cccc(C(F)(F)F)c21. The van der Waals surface area contributed by atoms with Crippen LogP contribution in [0.1, 0.15) is 24.0 Å². The first kappa shape index (κ1) is 14.6. The minimum Gasteiger partial charge on any atom is -0.481 e. The van der Waals surface area contributed by atoms with E-state index in [9.17, 15) is 26.4 Å². The summed E-state index contributed by atoms with van der Waals surface area (Å²) in [7, 11) is -3.94. The van der Waals surface area contributed by atoms with Gasteiger partial charge in [-0.1, -0.05) is 6.07 Å². The van der Waals surface area contributed by atoms with Gasteiger partial charge in [0.1, 0.15) is 0 Å². The van der Waals surface area contributed by atoms with E-state index in [1.807, 2.05) is 0 Å². The van der Waals surface area contributed by atoms with Gasteiger partial charge in [-0.15, -0.1) is 0 Å². The number of halogens is 3. The van der Waals surface area contributed by atoms with E-state index in [4.69, 9.17) is 5.11 Å². The van der Waals surface area contributed by atoms with Crippen molar-refractivity contribution >= 4 is 21.4 Å². The fraction of sp³-hybridized carbons (Fsp3) is 0.250. The molecule has 0 unspecified atom stereocenters. The molecule has 0 saturated carbocycles. The molecule has 1 aromatic carbocycles. The van der Waals surface area contributed by atoms with Crippen molar-refractivity contribution < 1.29 is 31.5 Å². The van der Waals surface area contributed by atoms with Crippen LogP contribution >= 0.6 is 0 Å². The summed E-state index contributed by atoms with van der Waals surface area (Å²) in [5, 5.41) is 9.30. The Hall–Kier alpha value is -1.83. The van der Waals surface area contributed by atoms with Crippen molar-refractivity contribution in [1.29, 1.82) is 0 Å². The second-order valence-corrected chi connectivity index (χ2v) is 6.02. The van der Waals surface area contributed by atoms with Crippen molar-refractivity contribution in [3.05, 3.63) is 34.7 Å². The van der Waals surface area contributed by atoms with Crippen LogP contribution in [0.15, 0.2) is 28.5 Å². The Morgan fingerprint density at radius 2 is 1.90 bits per heavy atom. The first-order chi connectivity index (χ1) is 9.13. The average Bonchev–Trinajstić information content (AvgIpc) is 2.57. The third-order valence-electron chi connectivity index (χ3n) is 2.86. The molecule has 0 spiro atoms. The molecule has 1 N–H and O–H groups in total. The predicted octanol–water partition coefficient (Wildman–Crippen LogP) is 2.70. The van der Waals surface area contributed by atoms with E-state index >= 15 is 0 Å². The number of benzene rings is 1. The summed E-state index contributed by atoms with van der Waals surface area (Å²) >= 11 is 0. The number of alkyl halides is 3. The number of sulfone groups is 1. The van der Waals surface area contributed by atoms with Crippen LogP contribution in [0.3, 0.4) is 0 Å². The quantitative estimate of drug-likeness (QED) is 0.932. The van der Waals surface area contributed by atoms with Crippen molar-refractivity contribution in [3.8, 4) is 0 Å². The van der Waals surface area contributed by atoms with E-state index in [-0.39, 0.29) is 12.0 Å². The largest absolute Gasteiger partial charge is 0.481 e. The maximum Gasteiger partial charge on any atom is 0.417 e. The highest BCUT2D eigenvalue weighted by Crippen LogP contribution is 2.43. The van der Waals surface area contributed by atoms with Crippen molar-refractivity contribution in [2.24, 2.45) is 0 Å². The zero-order valence-electron chi connectivity index (χ0n) is 9.94. The lowest BCUT2D eigenvalue weighted by atomic mass is 9.97. The molecule has 0 aromatic heterocycles. The van der Waals surface area contributed by atoms with E-state index in [1.54, 1.807) is 0 Å². The molecule has 1 aliphatic heterocycles. The maximum absolute atomic E-state index is 12.9. The number of allylic oxidation sites excluding steroid dienone is 1. The molecule has 8 heteroatoms. The van der Waals surface area contributed by atoms with Crippen LogP contribution in [-0.2, 0) is 20.8 Å². The minimum absolute atomic E-state index is 0.115. The van der Waals surface area contributed by atoms with Crippen molar-refractivity contribution in [2.45, 2.75) is 23.9 Å². The maximum atomic E-state index is 12.9. The Kier molecular flexibility index (Phi) is 3.37. The number of carboxylic acids is 1. The zero-order valence-corrected chi connectivity index (χ0v) is 10.8. The Labute approximate surface area is 112 Å². The number of carbonyl (C=O) groups is 1. The van der Waals surface area contributed by atoms with Gasteiger partial charge in [0.05, 0.1) is 10.5 Å². The Balaban J connectivity index is 2.60. The Morgan fingerprint density at radius 1 is 1.25 bits per heavy atom. The average molecular weight is 306 g/mol. The van der Waals surface area contributed by atoms with Gasteiger partial charge in [0.15, 0.2) is 0 Å². The molecule has 0 fully saturated rings. The highest BCUT2D eigenvalue weighted by molar-refractivity contribution is 7.95. The van der Waals surface area contributed by atoms with Crippen LogP contribution < -0.4 is 0 Å². The van der Waals surface area contributed by atoms with Gasteiger partial charge in [-0.05, 0) is 24.1 Å². The van der Waals surface area contributed by atoms with Gasteiger partial charge in [-0.25, -0.2) is 8.42 Å². The van der Waals surface area contributed by atoms with Gasteiger partial charge < -0.3 is 5.11 Å². The van der Waals surface area contributed by atoms with E-state index < -0.39 is 44.4 Å². The minimum atomic E-state index is -4.70. The standard InChI is InChI=1S/C12H9F3O4S/c13-12(14,15)8-2-1-3-9-11(8)7(4-5-10(16)17)6-20(9,18)19/h1-3,6H,4-5H2,(H,16,17). The summed E-state index contributed by atoms with van der Waals surface area (Å²) in [5.41, 5.74) is -1.61. The molecule has 0 atom stereocenters. The Morgan fingerprint density at radius 3 is 2.45 bits per heavy atom. The predicted molar refractivity (Wildman–Crippen MR) is 63.5 cm³/mol. The highest BCUT2D eigenvalue weighted by atomic mass is 32.2. The summed E-state index contributed by atoms with van der Waals surface area (Å²) < 4.78 is 62.4. The van der Waals surface area contributed by atoms with Crippen molar-refractivity contribution in [1.82, 2.24) is 0 Å². The first-order valence-corrected chi connectivity index (χ1v) is 7.05. The number of hydrogen-bond acceptors (Lipinski definition) is 3. The van der Waals surface area contributed by atoms with Crippen LogP contribution in [0, 0.1) is 0 Å². The number of hydrogen-bond donors (Lipinski definition) is 1. The van der Waals surface area contributed by atoms with E-state index in [1.165, 1.54) is 0 Å². The third kappa shape index (κ3) is 2.55. The monoisotopic (exact) mass is 306 g/mol. The molecular weight excluding hydrogens is 297 g/mol. The summed E-state index contributed by atoms with van der Waals surface area (Å²) in [4.78, 5) is 10.1. The molecule has 108 valence electrons. The van der Waals surface area contributed by atoms with Crippen molar-refractivity contribution in [3.63, 3.8) is 0 Å². The fourth-order valence-corrected chi connectivity index (χ4v) is 3.60. The second kappa shape index (κ2) is 4.62. The van der Waals surface area contributed by atoms with Crippen LogP contribution in [0.5, 0.6) is 0 Å². The summed E-state index contributed by atoms with van der Waals surface area (Å²) in [5.74, 6) is -1.21. The summed E-state index contributed by atoms with van der Waals surface area (Å²) in [6.45, 7) is 0. The van der Waals surface area contributed by atoms with E-state index in [2.05, 4.69) is 0 Å². The van der Waals surface area contributed by atoms with Gasteiger partial charge in [-0.2, -0.15) is 13.2 Å². The van der Waals surface area contributed by atoms with Crippen LogP contribution in [-0.4, -0.2) is 19.5 Å². The van der Waals surface area contributed by atoms with Gasteiger partial charge in [0.25, 0.3) is 0 Å². The van der Waals surface area contributed by atoms with Crippen LogP contribution in [0.25, 0.3) is 5.57 Å². The fourth-order valence-electron chi connectivity index (χ4n) is 2.07. The Bertz CT molecular complexity index is 702. The lowest BCUT2D eigenvalue weighted by Crippen LogP contribution is -2.10. The van der Waals surface area contributed by atoms with Gasteiger partial charge in [0, 0.05) is 17.4 Å². The molecule has 0 bridgehead atoms. The molecule has 0 aliphatic carbocycles. The summed E-state index contributed by atoms with van der Waals surface area (Å²) in [6, 6.07) is 2.89. The lowest BCUT2D eigenvalue weighted by molar-refractivity contribution is -0.138. The molecular formula is C12H9F3O4S. The van der Waals surface area contributed by atoms with Gasteiger partial charge >= 0.3 is 12.1 Å². The molecule has 20 heavy (non-hydrogen) atoms. The molecule has 0 saturated heterocycles. The molecule has 0 amide bonds. The van der Waals surface area contributed by atoms with Crippen LogP contribution in [0.4, 0.5) is 13.2 Å². The molecule has 1 aromatic rings. The summed E-state index contributed by atoms with van der Waals surface area (Å²) in [6.07, 6.45) is -5.41. The number of aliphatic carboxylic acids is 1. The first-order valence-electron chi connectivity index (χ1n) is 5.51. The molecule has 0 radical (unpaired) electrons. The molecule has 1 aliphatic rings. The van der Waals surface area contributed by atoms with Gasteiger partial charge in [0.2, 0.25) is 9.84 Å². The number of carboxylic acid groups (broad SMARTS) is 1. The zero-order chi connectivity index (χ0) is 15.1. The number of rotatable bonds is 3. The molecule has 4 nitrogen and oxygen atoms in total. The third-order valence-corrected chi connectivity index (χ3v) is 4.41. The van der Waals surface area contributed by atoms with Crippen LogP contribution in [0.2, 0.25) is 0 Å².